The van der Waals surface area contributed by atoms with E-state index in [0.717, 1.165) is 12.8 Å². The normalized spacial score (nSPS) is 17.5. The number of aliphatic hydroxyl groups is 1. The van der Waals surface area contributed by atoms with E-state index in [1.54, 1.807) is 6.92 Å². The summed E-state index contributed by atoms with van der Waals surface area (Å²) < 4.78 is 0. The van der Waals surface area contributed by atoms with Gasteiger partial charge in [-0.15, -0.1) is 0 Å². The Hall–Kier alpha value is -0.700. The van der Waals surface area contributed by atoms with Crippen LogP contribution in [0.25, 0.3) is 0 Å². The molecule has 0 fully saturated rings. The first kappa shape index (κ1) is 12.3. The lowest BCUT2D eigenvalue weighted by Gasteiger charge is -2.25. The summed E-state index contributed by atoms with van der Waals surface area (Å²) in [6.45, 7) is 3.71. The highest BCUT2D eigenvalue weighted by Gasteiger charge is 2.33. The van der Waals surface area contributed by atoms with Crippen LogP contribution < -0.4 is 0 Å². The molecule has 0 aliphatic carbocycles. The molecule has 0 saturated heterocycles. The van der Waals surface area contributed by atoms with Crippen LogP contribution in [0, 0.1) is 5.92 Å². The van der Waals surface area contributed by atoms with Gasteiger partial charge in [-0.2, -0.15) is 0 Å². The third kappa shape index (κ3) is 3.27. The maximum Gasteiger partial charge on any atom is 0.152 e. The van der Waals surface area contributed by atoms with E-state index in [4.69, 9.17) is 0 Å². The predicted molar refractivity (Wildman–Crippen MR) is 50.4 cm³/mol. The van der Waals surface area contributed by atoms with Gasteiger partial charge in [-0.05, 0) is 12.8 Å². The Bertz CT molecular complexity index is 168. The summed E-state index contributed by atoms with van der Waals surface area (Å²) in [6.07, 6.45) is 3.88. The van der Waals surface area contributed by atoms with Crippen LogP contribution in [-0.4, -0.2) is 23.3 Å². The van der Waals surface area contributed by atoms with E-state index in [2.05, 4.69) is 0 Å². The molecule has 0 bridgehead atoms. The van der Waals surface area contributed by atoms with Crippen molar-refractivity contribution in [2.75, 3.05) is 0 Å². The molecular formula is C10H18O3. The van der Waals surface area contributed by atoms with Gasteiger partial charge in [0.2, 0.25) is 0 Å². The molecule has 0 radical (unpaired) electrons. The minimum atomic E-state index is -1.45. The predicted octanol–water partition coefficient (Wildman–Crippen LogP) is 1.33. The SMILES string of the molecule is CCCCC(C=O)C(O)(C=O)CC. The zero-order chi connectivity index (χ0) is 10.3. The van der Waals surface area contributed by atoms with E-state index in [1.807, 2.05) is 6.92 Å². The fourth-order valence-electron chi connectivity index (χ4n) is 1.29. The van der Waals surface area contributed by atoms with Gasteiger partial charge in [-0.1, -0.05) is 26.7 Å². The minimum Gasteiger partial charge on any atom is -0.382 e. The molecule has 0 aliphatic rings. The van der Waals surface area contributed by atoms with Gasteiger partial charge in [0.1, 0.15) is 11.9 Å². The van der Waals surface area contributed by atoms with Crippen molar-refractivity contribution >= 4 is 12.6 Å². The second-order valence-corrected chi connectivity index (χ2v) is 3.35. The van der Waals surface area contributed by atoms with E-state index >= 15 is 0 Å². The Balaban J connectivity index is 4.33. The molecule has 3 nitrogen and oxygen atoms in total. The largest absolute Gasteiger partial charge is 0.382 e. The monoisotopic (exact) mass is 186 g/mol. The fourth-order valence-corrected chi connectivity index (χ4v) is 1.29. The Kier molecular flexibility index (Phi) is 5.55. The molecule has 0 saturated carbocycles. The van der Waals surface area contributed by atoms with E-state index in [-0.39, 0.29) is 0 Å². The number of carbonyl (C=O) groups is 2. The van der Waals surface area contributed by atoms with Crippen LogP contribution >= 0.6 is 0 Å². The third-order valence-electron chi connectivity index (χ3n) is 2.45. The number of hydrogen-bond donors (Lipinski definition) is 1. The number of unbranched alkanes of at least 4 members (excludes halogenated alkanes) is 1. The maximum absolute atomic E-state index is 10.7. The molecule has 0 aromatic heterocycles. The Labute approximate surface area is 79.1 Å². The first-order valence-corrected chi connectivity index (χ1v) is 4.78. The maximum atomic E-state index is 10.7. The summed E-state index contributed by atoms with van der Waals surface area (Å²) in [4.78, 5) is 21.3. The van der Waals surface area contributed by atoms with Crippen molar-refractivity contribution in [3.05, 3.63) is 0 Å². The van der Waals surface area contributed by atoms with Gasteiger partial charge in [-0.3, -0.25) is 0 Å². The van der Waals surface area contributed by atoms with Gasteiger partial charge < -0.3 is 14.7 Å². The summed E-state index contributed by atoms with van der Waals surface area (Å²) in [5.41, 5.74) is -1.45. The first-order chi connectivity index (χ1) is 6.14. The molecule has 0 amide bonds. The van der Waals surface area contributed by atoms with E-state index in [1.165, 1.54) is 0 Å². The fraction of sp³-hybridized carbons (Fsp3) is 0.800. The molecule has 0 rings (SSSR count). The van der Waals surface area contributed by atoms with E-state index in [9.17, 15) is 14.7 Å². The Morgan fingerprint density at radius 3 is 2.31 bits per heavy atom. The van der Waals surface area contributed by atoms with Crippen molar-refractivity contribution in [3.8, 4) is 0 Å². The highest BCUT2D eigenvalue weighted by Crippen LogP contribution is 2.22. The van der Waals surface area contributed by atoms with Crippen LogP contribution in [0.4, 0.5) is 0 Å². The highest BCUT2D eigenvalue weighted by molar-refractivity contribution is 5.71. The molecule has 2 atom stereocenters. The summed E-state index contributed by atoms with van der Waals surface area (Å²) in [5.74, 6) is -0.546. The lowest BCUT2D eigenvalue weighted by molar-refractivity contribution is -0.136. The van der Waals surface area contributed by atoms with Crippen molar-refractivity contribution in [2.24, 2.45) is 5.92 Å². The van der Waals surface area contributed by atoms with Crippen molar-refractivity contribution in [2.45, 2.75) is 45.1 Å². The van der Waals surface area contributed by atoms with Gasteiger partial charge in [0, 0.05) is 0 Å². The molecule has 1 N–H and O–H groups in total. The topological polar surface area (TPSA) is 54.4 Å². The van der Waals surface area contributed by atoms with Crippen LogP contribution in [0.2, 0.25) is 0 Å². The van der Waals surface area contributed by atoms with Crippen LogP contribution in [0.5, 0.6) is 0 Å². The van der Waals surface area contributed by atoms with Crippen LogP contribution in [0.15, 0.2) is 0 Å². The Morgan fingerprint density at radius 1 is 1.38 bits per heavy atom. The zero-order valence-corrected chi connectivity index (χ0v) is 8.32. The van der Waals surface area contributed by atoms with Gasteiger partial charge >= 0.3 is 0 Å². The van der Waals surface area contributed by atoms with Crippen molar-refractivity contribution in [1.29, 1.82) is 0 Å². The molecule has 0 spiro atoms. The lowest BCUT2D eigenvalue weighted by atomic mass is 9.84. The van der Waals surface area contributed by atoms with Gasteiger partial charge in [0.25, 0.3) is 0 Å². The number of carbonyl (C=O) groups excluding carboxylic acids is 2. The zero-order valence-electron chi connectivity index (χ0n) is 8.32. The molecule has 3 heteroatoms. The van der Waals surface area contributed by atoms with E-state index in [0.29, 0.717) is 25.4 Å². The molecule has 2 unspecified atom stereocenters. The lowest BCUT2D eigenvalue weighted by Crippen LogP contribution is -2.39. The second kappa shape index (κ2) is 5.86. The molecule has 13 heavy (non-hydrogen) atoms. The standard InChI is InChI=1S/C10H18O3/c1-3-5-6-9(7-11)10(13,4-2)8-12/h7-9,13H,3-6H2,1-2H3. The van der Waals surface area contributed by atoms with Crippen molar-refractivity contribution in [1.82, 2.24) is 0 Å². The smallest absolute Gasteiger partial charge is 0.152 e. The summed E-state index contributed by atoms with van der Waals surface area (Å²) in [7, 11) is 0. The molecule has 0 aliphatic heterocycles. The van der Waals surface area contributed by atoms with Crippen LogP contribution in [0.1, 0.15) is 39.5 Å². The quantitative estimate of drug-likeness (QED) is 0.610. The van der Waals surface area contributed by atoms with Crippen molar-refractivity contribution in [3.63, 3.8) is 0 Å². The molecule has 76 valence electrons. The van der Waals surface area contributed by atoms with Gasteiger partial charge in [0.15, 0.2) is 6.29 Å². The second-order valence-electron chi connectivity index (χ2n) is 3.35. The van der Waals surface area contributed by atoms with E-state index < -0.39 is 11.5 Å². The summed E-state index contributed by atoms with van der Waals surface area (Å²) in [5, 5.41) is 9.72. The number of aldehydes is 2. The molecular weight excluding hydrogens is 168 g/mol. The first-order valence-electron chi connectivity index (χ1n) is 4.78. The number of rotatable bonds is 7. The average molecular weight is 186 g/mol. The number of hydrogen-bond acceptors (Lipinski definition) is 3. The Morgan fingerprint density at radius 2 is 2.00 bits per heavy atom. The third-order valence-corrected chi connectivity index (χ3v) is 2.45. The average Bonchev–Trinajstić information content (AvgIpc) is 2.18. The molecule has 0 aromatic rings. The van der Waals surface area contributed by atoms with Crippen molar-refractivity contribution < 1.29 is 14.7 Å². The van der Waals surface area contributed by atoms with Gasteiger partial charge in [0.05, 0.1) is 5.92 Å². The summed E-state index contributed by atoms with van der Waals surface area (Å²) >= 11 is 0. The minimum absolute atomic E-state index is 0.295. The highest BCUT2D eigenvalue weighted by atomic mass is 16.3. The molecule has 0 heterocycles. The van der Waals surface area contributed by atoms with Gasteiger partial charge in [-0.25, -0.2) is 0 Å². The van der Waals surface area contributed by atoms with Crippen LogP contribution in [-0.2, 0) is 9.59 Å². The van der Waals surface area contributed by atoms with Crippen LogP contribution in [0.3, 0.4) is 0 Å². The molecule has 0 aromatic carbocycles. The summed E-state index contributed by atoms with van der Waals surface area (Å²) in [6, 6.07) is 0.